The number of fused-ring (bicyclic) bond motifs is 1. The van der Waals surface area contributed by atoms with E-state index in [-0.39, 0.29) is 5.04 Å². The van der Waals surface area contributed by atoms with Crippen molar-refractivity contribution >= 4 is 24.8 Å². The fraction of sp³-hybridized carbons (Fsp3) is 0.348. The van der Waals surface area contributed by atoms with E-state index >= 15 is 0 Å². The predicted molar refractivity (Wildman–Crippen MR) is 113 cm³/mol. The molecule has 1 fully saturated rings. The highest BCUT2D eigenvalue weighted by Crippen LogP contribution is 2.37. The van der Waals surface area contributed by atoms with Gasteiger partial charge in [-0.25, -0.2) is 4.79 Å². The average molecular weight is 411 g/mol. The van der Waals surface area contributed by atoms with E-state index in [9.17, 15) is 4.79 Å². The fourth-order valence-electron chi connectivity index (χ4n) is 4.22. The molecule has 5 nitrogen and oxygen atoms in total. The van der Waals surface area contributed by atoms with Crippen molar-refractivity contribution in [3.05, 3.63) is 73.0 Å². The highest BCUT2D eigenvalue weighted by Gasteiger charge is 2.52. The third-order valence-electron chi connectivity index (χ3n) is 5.56. The summed E-state index contributed by atoms with van der Waals surface area (Å²) in [7, 11) is -2.68. The lowest BCUT2D eigenvalue weighted by Gasteiger charge is -2.44. The van der Waals surface area contributed by atoms with Gasteiger partial charge in [-0.1, -0.05) is 81.4 Å². The summed E-state index contributed by atoms with van der Waals surface area (Å²) in [4.78, 5) is 11.6. The highest BCUT2D eigenvalue weighted by molar-refractivity contribution is 6.99. The van der Waals surface area contributed by atoms with Gasteiger partial charge >= 0.3 is 6.16 Å². The SMILES string of the molecule is CC(C)(C)[Si](OCC1OC=CC2OC(=O)OC21)(c1ccccc1)c1ccccc1. The molecule has 29 heavy (non-hydrogen) atoms. The number of rotatable bonds is 5. The monoisotopic (exact) mass is 410 g/mol. The van der Waals surface area contributed by atoms with Gasteiger partial charge in [-0.2, -0.15) is 0 Å². The highest BCUT2D eigenvalue weighted by atomic mass is 28.4. The van der Waals surface area contributed by atoms with Crippen molar-refractivity contribution < 1.29 is 23.4 Å². The van der Waals surface area contributed by atoms with Gasteiger partial charge in [-0.05, 0) is 21.5 Å². The quantitative estimate of drug-likeness (QED) is 0.559. The molecule has 0 aromatic heterocycles. The van der Waals surface area contributed by atoms with Gasteiger partial charge in [-0.15, -0.1) is 0 Å². The minimum Gasteiger partial charge on any atom is -0.492 e. The maximum absolute atomic E-state index is 11.6. The molecular formula is C23H26O5Si. The number of benzene rings is 2. The van der Waals surface area contributed by atoms with Crippen molar-refractivity contribution in [2.75, 3.05) is 6.61 Å². The summed E-state index contributed by atoms with van der Waals surface area (Å²) in [5, 5.41) is 2.25. The van der Waals surface area contributed by atoms with Gasteiger partial charge in [-0.3, -0.25) is 0 Å². The molecule has 0 saturated carbocycles. The Labute approximate surface area is 172 Å². The molecule has 1 saturated heterocycles. The second-order valence-electron chi connectivity index (χ2n) is 8.39. The van der Waals surface area contributed by atoms with Crippen LogP contribution in [0.25, 0.3) is 0 Å². The molecule has 3 atom stereocenters. The zero-order valence-corrected chi connectivity index (χ0v) is 17.9. The van der Waals surface area contributed by atoms with Crippen LogP contribution in [-0.4, -0.2) is 39.4 Å². The largest absolute Gasteiger partial charge is 0.509 e. The van der Waals surface area contributed by atoms with Crippen LogP contribution in [0.1, 0.15) is 20.8 Å². The molecule has 2 heterocycles. The van der Waals surface area contributed by atoms with Crippen LogP contribution in [-0.2, 0) is 18.6 Å². The minimum atomic E-state index is -2.68. The molecule has 0 amide bonds. The first-order valence-corrected chi connectivity index (χ1v) is 11.8. The number of hydrogen-bond donors (Lipinski definition) is 0. The van der Waals surface area contributed by atoms with Crippen LogP contribution in [0, 0.1) is 0 Å². The summed E-state index contributed by atoms with van der Waals surface area (Å²) in [6, 6.07) is 20.8. The van der Waals surface area contributed by atoms with Crippen LogP contribution in [0.15, 0.2) is 73.0 Å². The smallest absolute Gasteiger partial charge is 0.492 e. The van der Waals surface area contributed by atoms with Gasteiger partial charge < -0.3 is 18.6 Å². The molecule has 0 N–H and O–H groups in total. The molecule has 3 unspecified atom stereocenters. The van der Waals surface area contributed by atoms with Crippen LogP contribution in [0.5, 0.6) is 0 Å². The van der Waals surface area contributed by atoms with Crippen molar-refractivity contribution in [2.24, 2.45) is 0 Å². The molecule has 6 heteroatoms. The summed E-state index contributed by atoms with van der Waals surface area (Å²) < 4.78 is 23.2. The second kappa shape index (κ2) is 7.69. The van der Waals surface area contributed by atoms with Gasteiger partial charge in [0.2, 0.25) is 0 Å². The van der Waals surface area contributed by atoms with E-state index < -0.39 is 32.8 Å². The van der Waals surface area contributed by atoms with E-state index in [1.807, 2.05) is 12.1 Å². The van der Waals surface area contributed by atoms with E-state index in [0.717, 1.165) is 0 Å². The topological polar surface area (TPSA) is 54.0 Å². The Kier molecular flexibility index (Phi) is 5.23. The molecule has 0 aliphatic carbocycles. The second-order valence-corrected chi connectivity index (χ2v) is 12.7. The van der Waals surface area contributed by atoms with E-state index in [4.69, 9.17) is 18.6 Å². The van der Waals surface area contributed by atoms with Gasteiger partial charge in [0, 0.05) is 0 Å². The molecule has 2 aliphatic heterocycles. The first-order chi connectivity index (χ1) is 13.9. The first kappa shape index (κ1) is 19.7. The lowest BCUT2D eigenvalue weighted by molar-refractivity contribution is -0.0274. The molecule has 152 valence electrons. The van der Waals surface area contributed by atoms with Gasteiger partial charge in [0.25, 0.3) is 8.32 Å². The Morgan fingerprint density at radius 2 is 1.52 bits per heavy atom. The zero-order valence-electron chi connectivity index (χ0n) is 16.9. The summed E-state index contributed by atoms with van der Waals surface area (Å²) >= 11 is 0. The Balaban J connectivity index is 1.71. The lowest BCUT2D eigenvalue weighted by atomic mass is 10.1. The van der Waals surface area contributed by atoms with Crippen molar-refractivity contribution in [3.8, 4) is 0 Å². The van der Waals surface area contributed by atoms with E-state index in [2.05, 4.69) is 69.3 Å². The molecule has 2 aromatic carbocycles. The third-order valence-corrected chi connectivity index (χ3v) is 10.6. The average Bonchev–Trinajstić information content (AvgIpc) is 3.10. The summed E-state index contributed by atoms with van der Waals surface area (Å²) in [6.07, 6.45) is 1.27. The Morgan fingerprint density at radius 1 is 0.931 bits per heavy atom. The maximum atomic E-state index is 11.6. The minimum absolute atomic E-state index is 0.136. The zero-order chi connectivity index (χ0) is 20.5. The summed E-state index contributed by atoms with van der Waals surface area (Å²) in [5.41, 5.74) is 0. The van der Waals surface area contributed by atoms with Gasteiger partial charge in [0.05, 0.1) is 12.9 Å². The lowest BCUT2D eigenvalue weighted by Crippen LogP contribution is -2.67. The molecule has 2 aliphatic rings. The predicted octanol–water partition coefficient (Wildman–Crippen LogP) is 3.38. The maximum Gasteiger partial charge on any atom is 0.509 e. The van der Waals surface area contributed by atoms with E-state index in [1.165, 1.54) is 10.4 Å². The molecule has 0 spiro atoms. The number of ether oxygens (including phenoxy) is 3. The van der Waals surface area contributed by atoms with Gasteiger partial charge in [0.1, 0.15) is 0 Å². The normalized spacial score (nSPS) is 23.7. The van der Waals surface area contributed by atoms with Crippen molar-refractivity contribution in [1.29, 1.82) is 0 Å². The van der Waals surface area contributed by atoms with Crippen LogP contribution < -0.4 is 10.4 Å². The number of carbonyl (C=O) groups excluding carboxylic acids is 1. The van der Waals surface area contributed by atoms with E-state index in [0.29, 0.717) is 6.61 Å². The first-order valence-electron chi connectivity index (χ1n) is 9.86. The Hall–Kier alpha value is -2.57. The summed E-state index contributed by atoms with van der Waals surface area (Å²) in [6.45, 7) is 6.97. The Bertz CT molecular complexity index is 836. The third kappa shape index (κ3) is 3.58. The van der Waals surface area contributed by atoms with Crippen LogP contribution in [0.2, 0.25) is 5.04 Å². The fourth-order valence-corrected chi connectivity index (χ4v) is 8.79. The standard InChI is InChI=1S/C23H26O5Si/c1-23(2,3)29(17-10-6-4-7-11-17,18-12-8-5-9-13-18)26-16-20-21-19(14-15-25-20)27-22(24)28-21/h4-15,19-21H,16H2,1-3H3. The van der Waals surface area contributed by atoms with Crippen LogP contribution in [0.4, 0.5) is 4.79 Å². The van der Waals surface area contributed by atoms with Crippen LogP contribution >= 0.6 is 0 Å². The van der Waals surface area contributed by atoms with Gasteiger partial charge in [0.15, 0.2) is 18.3 Å². The molecule has 4 rings (SSSR count). The van der Waals surface area contributed by atoms with Crippen molar-refractivity contribution in [2.45, 2.75) is 44.1 Å². The molecular weight excluding hydrogens is 384 g/mol. The van der Waals surface area contributed by atoms with E-state index in [1.54, 1.807) is 12.3 Å². The molecule has 0 bridgehead atoms. The van der Waals surface area contributed by atoms with Crippen LogP contribution in [0.3, 0.4) is 0 Å². The number of carbonyl (C=O) groups is 1. The summed E-state index contributed by atoms with van der Waals surface area (Å²) in [5.74, 6) is 0. The molecule has 0 radical (unpaired) electrons. The number of hydrogen-bond acceptors (Lipinski definition) is 5. The van der Waals surface area contributed by atoms with Crippen molar-refractivity contribution in [3.63, 3.8) is 0 Å². The van der Waals surface area contributed by atoms with Crippen molar-refractivity contribution in [1.82, 2.24) is 0 Å². The molecule has 2 aromatic rings. The Morgan fingerprint density at radius 3 is 2.07 bits per heavy atom.